The van der Waals surface area contributed by atoms with Crippen molar-refractivity contribution in [2.75, 3.05) is 5.75 Å². The molecule has 0 spiro atoms. The molecular formula is C21H26N4OS2. The monoisotopic (exact) mass is 414 g/mol. The first-order chi connectivity index (χ1) is 13.6. The van der Waals surface area contributed by atoms with E-state index in [4.69, 9.17) is 0 Å². The van der Waals surface area contributed by atoms with E-state index in [2.05, 4.69) is 57.6 Å². The van der Waals surface area contributed by atoms with E-state index in [0.29, 0.717) is 11.7 Å². The molecular weight excluding hydrogens is 388 g/mol. The van der Waals surface area contributed by atoms with Crippen molar-refractivity contribution in [1.82, 2.24) is 19.3 Å². The summed E-state index contributed by atoms with van der Waals surface area (Å²) in [4.78, 5) is 14.3. The molecule has 7 heteroatoms. The molecule has 3 heterocycles. The van der Waals surface area contributed by atoms with E-state index in [1.807, 2.05) is 6.07 Å². The van der Waals surface area contributed by atoms with Crippen LogP contribution < -0.4 is 0 Å². The molecule has 1 aliphatic carbocycles. The summed E-state index contributed by atoms with van der Waals surface area (Å²) in [6, 6.07) is 6.29. The Balaban J connectivity index is 1.43. The van der Waals surface area contributed by atoms with Gasteiger partial charge in [-0.3, -0.25) is 4.79 Å². The second kappa shape index (κ2) is 8.25. The van der Waals surface area contributed by atoms with Crippen LogP contribution in [0.4, 0.5) is 0 Å². The topological polar surface area (TPSA) is 52.7 Å². The van der Waals surface area contributed by atoms with Crippen molar-refractivity contribution in [3.8, 4) is 0 Å². The Hall–Kier alpha value is -1.86. The third-order valence-electron chi connectivity index (χ3n) is 5.37. The van der Waals surface area contributed by atoms with Crippen LogP contribution >= 0.6 is 23.1 Å². The van der Waals surface area contributed by atoms with Crippen molar-refractivity contribution in [2.24, 2.45) is 0 Å². The van der Waals surface area contributed by atoms with Crippen LogP contribution in [0.3, 0.4) is 0 Å². The molecule has 0 radical (unpaired) electrons. The number of thioether (sulfide) groups is 1. The highest BCUT2D eigenvalue weighted by Crippen LogP contribution is 2.40. The van der Waals surface area contributed by atoms with Crippen molar-refractivity contribution in [3.63, 3.8) is 0 Å². The highest BCUT2D eigenvalue weighted by atomic mass is 32.2. The van der Waals surface area contributed by atoms with Gasteiger partial charge >= 0.3 is 0 Å². The summed E-state index contributed by atoms with van der Waals surface area (Å²) in [5.41, 5.74) is 3.05. The molecule has 148 valence electrons. The zero-order valence-electron chi connectivity index (χ0n) is 16.6. The fraction of sp³-hybridized carbons (Fsp3) is 0.476. The van der Waals surface area contributed by atoms with Crippen LogP contribution in [-0.4, -0.2) is 30.9 Å². The number of hydrogen-bond acceptors (Lipinski definition) is 5. The van der Waals surface area contributed by atoms with Crippen LogP contribution in [-0.2, 0) is 19.5 Å². The van der Waals surface area contributed by atoms with Crippen LogP contribution in [0.25, 0.3) is 0 Å². The predicted molar refractivity (Wildman–Crippen MR) is 115 cm³/mol. The van der Waals surface area contributed by atoms with Gasteiger partial charge in [0.25, 0.3) is 0 Å². The third-order valence-corrected chi connectivity index (χ3v) is 7.28. The minimum Gasteiger partial charge on any atom is -0.348 e. The molecule has 1 fully saturated rings. The number of nitrogens with zero attached hydrogens (tertiary/aromatic N) is 4. The number of hydrogen-bond donors (Lipinski definition) is 0. The van der Waals surface area contributed by atoms with Gasteiger partial charge in [-0.2, -0.15) is 0 Å². The van der Waals surface area contributed by atoms with Crippen molar-refractivity contribution in [1.29, 1.82) is 0 Å². The number of aryl methyl sites for hydroxylation is 2. The molecule has 3 aromatic heterocycles. The Morgan fingerprint density at radius 3 is 2.79 bits per heavy atom. The Kier molecular flexibility index (Phi) is 5.73. The average molecular weight is 415 g/mol. The highest BCUT2D eigenvalue weighted by molar-refractivity contribution is 7.99. The first kappa shape index (κ1) is 19.5. The van der Waals surface area contributed by atoms with Crippen LogP contribution in [0.15, 0.2) is 28.7 Å². The summed E-state index contributed by atoms with van der Waals surface area (Å²) < 4.78 is 4.43. The van der Waals surface area contributed by atoms with Gasteiger partial charge < -0.3 is 9.13 Å². The van der Waals surface area contributed by atoms with Crippen molar-refractivity contribution in [3.05, 3.63) is 51.2 Å². The van der Waals surface area contributed by atoms with E-state index in [0.717, 1.165) is 47.4 Å². The standard InChI is InChI=1S/C21H26N4OS2/c1-4-24-20(16-7-8-16)22-23-21(24)28-13-19(26)18-12-14(2)25(15(18)3)10-9-17-6-5-11-27-17/h5-6,11-12,16H,4,7-10,13H2,1-3H3. The summed E-state index contributed by atoms with van der Waals surface area (Å²) in [6.07, 6.45) is 3.42. The van der Waals surface area contributed by atoms with Crippen LogP contribution in [0.2, 0.25) is 0 Å². The zero-order chi connectivity index (χ0) is 19.7. The lowest BCUT2D eigenvalue weighted by Gasteiger charge is -2.09. The summed E-state index contributed by atoms with van der Waals surface area (Å²) in [5.74, 6) is 2.22. The fourth-order valence-corrected chi connectivity index (χ4v) is 5.25. The van der Waals surface area contributed by atoms with Crippen LogP contribution in [0, 0.1) is 13.8 Å². The summed E-state index contributed by atoms with van der Waals surface area (Å²) in [6.45, 7) is 8.02. The maximum absolute atomic E-state index is 12.9. The molecule has 0 saturated heterocycles. The fourth-order valence-electron chi connectivity index (χ4n) is 3.66. The van der Waals surface area contributed by atoms with E-state index in [1.165, 1.54) is 29.5 Å². The molecule has 0 amide bonds. The Morgan fingerprint density at radius 2 is 2.11 bits per heavy atom. The second-order valence-electron chi connectivity index (χ2n) is 7.34. The molecule has 1 aliphatic rings. The molecule has 0 aliphatic heterocycles. The molecule has 0 atom stereocenters. The SMILES string of the molecule is CCn1c(SCC(=O)c2cc(C)n(CCc3cccs3)c2C)nnc1C1CC1. The van der Waals surface area contributed by atoms with Crippen molar-refractivity contribution >= 4 is 28.9 Å². The van der Waals surface area contributed by atoms with Crippen molar-refractivity contribution in [2.45, 2.75) is 64.2 Å². The van der Waals surface area contributed by atoms with Gasteiger partial charge in [0, 0.05) is 40.8 Å². The van der Waals surface area contributed by atoms with Crippen LogP contribution in [0.5, 0.6) is 0 Å². The van der Waals surface area contributed by atoms with E-state index in [-0.39, 0.29) is 5.78 Å². The van der Waals surface area contributed by atoms with Gasteiger partial charge in [-0.25, -0.2) is 0 Å². The number of Topliss-reactive ketones (excluding diaryl/α,β-unsaturated/α-hetero) is 1. The van der Waals surface area contributed by atoms with Crippen molar-refractivity contribution < 1.29 is 4.79 Å². The number of carbonyl (C=O) groups excluding carboxylic acids is 1. The summed E-state index contributed by atoms with van der Waals surface area (Å²) in [5, 5.41) is 11.7. The first-order valence-corrected chi connectivity index (χ1v) is 11.7. The number of ketones is 1. The molecule has 1 saturated carbocycles. The Morgan fingerprint density at radius 1 is 1.29 bits per heavy atom. The maximum Gasteiger partial charge on any atom is 0.191 e. The molecule has 0 aromatic carbocycles. The minimum atomic E-state index is 0.166. The van der Waals surface area contributed by atoms with E-state index in [9.17, 15) is 4.79 Å². The van der Waals surface area contributed by atoms with Gasteiger partial charge in [0.15, 0.2) is 10.9 Å². The maximum atomic E-state index is 12.9. The average Bonchev–Trinajstić information content (AvgIpc) is 3.12. The molecule has 0 bridgehead atoms. The summed E-state index contributed by atoms with van der Waals surface area (Å²) in [7, 11) is 0. The van der Waals surface area contributed by atoms with Gasteiger partial charge in [-0.05, 0) is 57.5 Å². The number of thiophene rings is 1. The molecule has 0 N–H and O–H groups in total. The highest BCUT2D eigenvalue weighted by Gasteiger charge is 2.30. The molecule has 4 rings (SSSR count). The quantitative estimate of drug-likeness (QED) is 0.370. The number of aromatic nitrogens is 4. The lowest BCUT2D eigenvalue weighted by atomic mass is 10.2. The Labute approximate surface area is 174 Å². The third kappa shape index (κ3) is 3.96. The van der Waals surface area contributed by atoms with Crippen LogP contribution in [0.1, 0.15) is 58.1 Å². The number of carbonyl (C=O) groups is 1. The first-order valence-electron chi connectivity index (χ1n) is 9.86. The number of rotatable bonds is 9. The molecule has 3 aromatic rings. The van der Waals surface area contributed by atoms with E-state index < -0.39 is 0 Å². The van der Waals surface area contributed by atoms with Gasteiger partial charge in [0.1, 0.15) is 5.82 Å². The van der Waals surface area contributed by atoms with E-state index >= 15 is 0 Å². The molecule has 0 unspecified atom stereocenters. The van der Waals surface area contributed by atoms with Gasteiger partial charge in [-0.1, -0.05) is 17.8 Å². The van der Waals surface area contributed by atoms with Gasteiger partial charge in [-0.15, -0.1) is 21.5 Å². The summed E-state index contributed by atoms with van der Waals surface area (Å²) >= 11 is 3.29. The largest absolute Gasteiger partial charge is 0.348 e. The minimum absolute atomic E-state index is 0.166. The molecule has 5 nitrogen and oxygen atoms in total. The van der Waals surface area contributed by atoms with Gasteiger partial charge in [0.05, 0.1) is 5.75 Å². The Bertz CT molecular complexity index is 967. The van der Waals surface area contributed by atoms with Gasteiger partial charge in [0.2, 0.25) is 0 Å². The lowest BCUT2D eigenvalue weighted by molar-refractivity contribution is 0.102. The normalized spacial score (nSPS) is 14.0. The van der Waals surface area contributed by atoms with E-state index in [1.54, 1.807) is 11.3 Å². The predicted octanol–water partition coefficient (Wildman–Crippen LogP) is 4.87. The lowest BCUT2D eigenvalue weighted by Crippen LogP contribution is -2.09. The second-order valence-corrected chi connectivity index (χ2v) is 9.31. The zero-order valence-corrected chi connectivity index (χ0v) is 18.3. The smallest absolute Gasteiger partial charge is 0.191 e. The molecule has 28 heavy (non-hydrogen) atoms.